The lowest BCUT2D eigenvalue weighted by Gasteiger charge is -2.23. The van der Waals surface area contributed by atoms with Crippen molar-refractivity contribution >= 4 is 6.03 Å². The topological polar surface area (TPSA) is 77.4 Å². The first-order chi connectivity index (χ1) is 12.8. The monoisotopic (exact) mass is 356 g/mol. The minimum absolute atomic E-state index is 0.0731. The molecule has 0 saturated carbocycles. The van der Waals surface area contributed by atoms with Gasteiger partial charge in [-0.25, -0.2) is 9.48 Å². The third kappa shape index (κ3) is 3.73. The number of hydrogen-bond donors (Lipinski definition) is 2. The highest BCUT2D eigenvalue weighted by Crippen LogP contribution is 2.27. The van der Waals surface area contributed by atoms with Gasteiger partial charge in [-0.2, -0.15) is 5.10 Å². The number of nitrogens with zero attached hydrogens (tertiary/aromatic N) is 2. The number of rotatable bonds is 5. The first-order valence-corrected chi connectivity index (χ1v) is 9.17. The molecule has 0 radical (unpaired) electrons. The zero-order chi connectivity index (χ0) is 17.8. The molecule has 0 spiro atoms. The van der Waals surface area contributed by atoms with Crippen LogP contribution >= 0.6 is 0 Å². The minimum atomic E-state index is -0.208. The Kier molecular flexibility index (Phi) is 5.17. The van der Waals surface area contributed by atoms with Gasteiger partial charge in [-0.1, -0.05) is 18.2 Å². The molecule has 2 amide bonds. The molecule has 2 heterocycles. The van der Waals surface area contributed by atoms with Crippen molar-refractivity contribution in [2.45, 2.75) is 31.9 Å². The maximum absolute atomic E-state index is 12.1. The lowest BCUT2D eigenvalue weighted by atomic mass is 10.2. The Morgan fingerprint density at radius 1 is 1.19 bits per heavy atom. The van der Waals surface area contributed by atoms with Crippen LogP contribution in [0.15, 0.2) is 30.3 Å². The Morgan fingerprint density at radius 2 is 2.08 bits per heavy atom. The van der Waals surface area contributed by atoms with E-state index in [1.807, 2.05) is 22.9 Å². The number of amides is 2. The molecule has 1 atom stereocenters. The second-order valence-electron chi connectivity index (χ2n) is 6.60. The molecule has 1 aliphatic heterocycles. The van der Waals surface area contributed by atoms with E-state index in [0.717, 1.165) is 30.6 Å². The van der Waals surface area contributed by atoms with Crippen molar-refractivity contribution in [3.05, 3.63) is 47.3 Å². The number of carbonyl (C=O) groups is 1. The number of aromatic nitrogens is 2. The summed E-state index contributed by atoms with van der Waals surface area (Å²) >= 11 is 0. The largest absolute Gasteiger partial charge is 0.376 e. The van der Waals surface area contributed by atoms with E-state index in [-0.39, 0.29) is 12.1 Å². The van der Waals surface area contributed by atoms with Gasteiger partial charge in [-0.05, 0) is 37.0 Å². The van der Waals surface area contributed by atoms with Gasteiger partial charge in [-0.15, -0.1) is 0 Å². The summed E-state index contributed by atoms with van der Waals surface area (Å²) < 4.78 is 12.9. The van der Waals surface area contributed by atoms with E-state index in [1.54, 1.807) is 0 Å². The first-order valence-electron chi connectivity index (χ1n) is 9.17. The molecule has 26 heavy (non-hydrogen) atoms. The SMILES string of the molecule is O=C(NCc1nn(-c2ccccc2)c2c1CCC2)NC[C@@H]1COCCO1. The summed E-state index contributed by atoms with van der Waals surface area (Å²) in [5.41, 5.74) is 4.56. The fourth-order valence-corrected chi connectivity index (χ4v) is 3.53. The molecule has 2 N–H and O–H groups in total. The van der Waals surface area contributed by atoms with Crippen molar-refractivity contribution in [3.8, 4) is 5.69 Å². The predicted molar refractivity (Wildman–Crippen MR) is 96.4 cm³/mol. The smallest absolute Gasteiger partial charge is 0.315 e. The summed E-state index contributed by atoms with van der Waals surface area (Å²) in [7, 11) is 0. The van der Waals surface area contributed by atoms with Gasteiger partial charge < -0.3 is 20.1 Å². The van der Waals surface area contributed by atoms with E-state index in [4.69, 9.17) is 14.6 Å². The maximum Gasteiger partial charge on any atom is 0.315 e. The van der Waals surface area contributed by atoms with Crippen LogP contribution in [0.1, 0.15) is 23.4 Å². The molecule has 2 aliphatic rings. The van der Waals surface area contributed by atoms with Crippen LogP contribution in [0.3, 0.4) is 0 Å². The lowest BCUT2D eigenvalue weighted by Crippen LogP contribution is -2.43. The van der Waals surface area contributed by atoms with E-state index < -0.39 is 0 Å². The van der Waals surface area contributed by atoms with Crippen LogP contribution < -0.4 is 10.6 Å². The molecule has 1 aromatic carbocycles. The quantitative estimate of drug-likeness (QED) is 0.853. The van der Waals surface area contributed by atoms with Crippen LogP contribution in [-0.4, -0.2) is 48.3 Å². The summed E-state index contributed by atoms with van der Waals surface area (Å²) in [4.78, 5) is 12.1. The summed E-state index contributed by atoms with van der Waals surface area (Å²) in [5, 5.41) is 10.5. The van der Waals surface area contributed by atoms with Gasteiger partial charge in [0.1, 0.15) is 0 Å². The van der Waals surface area contributed by atoms with Gasteiger partial charge in [0, 0.05) is 12.2 Å². The van der Waals surface area contributed by atoms with Crippen molar-refractivity contribution in [2.24, 2.45) is 0 Å². The summed E-state index contributed by atoms with van der Waals surface area (Å²) in [6.07, 6.45) is 3.12. The molecular formula is C19H24N4O3. The average molecular weight is 356 g/mol. The van der Waals surface area contributed by atoms with E-state index in [1.165, 1.54) is 11.3 Å². The second kappa shape index (κ2) is 7.88. The van der Waals surface area contributed by atoms with Gasteiger partial charge in [0.15, 0.2) is 0 Å². The molecule has 138 valence electrons. The van der Waals surface area contributed by atoms with Crippen LogP contribution in [0.25, 0.3) is 5.69 Å². The normalized spacial score (nSPS) is 19.2. The highest BCUT2D eigenvalue weighted by Gasteiger charge is 2.23. The first kappa shape index (κ1) is 17.1. The second-order valence-corrected chi connectivity index (χ2v) is 6.60. The van der Waals surface area contributed by atoms with Crippen LogP contribution in [0.2, 0.25) is 0 Å². The molecule has 7 heteroatoms. The van der Waals surface area contributed by atoms with Crippen LogP contribution in [-0.2, 0) is 28.9 Å². The van der Waals surface area contributed by atoms with Crippen molar-refractivity contribution in [1.82, 2.24) is 20.4 Å². The minimum Gasteiger partial charge on any atom is -0.376 e. The maximum atomic E-state index is 12.1. The third-order valence-electron chi connectivity index (χ3n) is 4.81. The number of carbonyl (C=O) groups excluding carboxylic acids is 1. The molecular weight excluding hydrogens is 332 g/mol. The molecule has 0 unspecified atom stereocenters. The van der Waals surface area contributed by atoms with E-state index in [2.05, 4.69) is 22.8 Å². The van der Waals surface area contributed by atoms with Gasteiger partial charge in [-0.3, -0.25) is 0 Å². The van der Waals surface area contributed by atoms with Gasteiger partial charge in [0.25, 0.3) is 0 Å². The van der Waals surface area contributed by atoms with Gasteiger partial charge in [0.05, 0.1) is 43.9 Å². The Labute approximate surface area is 152 Å². The zero-order valence-electron chi connectivity index (χ0n) is 14.7. The third-order valence-corrected chi connectivity index (χ3v) is 4.81. The molecule has 7 nitrogen and oxygen atoms in total. The standard InChI is InChI=1S/C19H24N4O3/c24-19(20-11-15-13-25-9-10-26-15)21-12-17-16-7-4-8-18(16)23(22-17)14-5-2-1-3-6-14/h1-3,5-6,15H,4,7-13H2,(H2,20,21,24)/t15-/m1/s1. The van der Waals surface area contributed by atoms with Crippen LogP contribution in [0.5, 0.6) is 0 Å². The van der Waals surface area contributed by atoms with Gasteiger partial charge in [0.2, 0.25) is 0 Å². The van der Waals surface area contributed by atoms with Crippen molar-refractivity contribution in [3.63, 3.8) is 0 Å². The Balaban J connectivity index is 1.37. The van der Waals surface area contributed by atoms with Crippen molar-refractivity contribution in [2.75, 3.05) is 26.4 Å². The van der Waals surface area contributed by atoms with Crippen molar-refractivity contribution < 1.29 is 14.3 Å². The number of ether oxygens (including phenoxy) is 2. The van der Waals surface area contributed by atoms with E-state index >= 15 is 0 Å². The van der Waals surface area contributed by atoms with Crippen molar-refractivity contribution in [1.29, 1.82) is 0 Å². The van der Waals surface area contributed by atoms with Gasteiger partial charge >= 0.3 is 6.03 Å². The van der Waals surface area contributed by atoms with Crippen LogP contribution in [0.4, 0.5) is 4.79 Å². The zero-order valence-corrected chi connectivity index (χ0v) is 14.7. The number of urea groups is 1. The molecule has 0 bridgehead atoms. The number of para-hydroxylation sites is 1. The summed E-state index contributed by atoms with van der Waals surface area (Å²) in [5.74, 6) is 0. The number of fused-ring (bicyclic) bond motifs is 1. The molecule has 4 rings (SSSR count). The summed E-state index contributed by atoms with van der Waals surface area (Å²) in [6.45, 7) is 2.60. The average Bonchev–Trinajstić information content (AvgIpc) is 3.29. The number of nitrogens with one attached hydrogen (secondary N) is 2. The molecule has 1 saturated heterocycles. The number of benzene rings is 1. The molecule has 1 aromatic heterocycles. The summed E-state index contributed by atoms with van der Waals surface area (Å²) in [6, 6.07) is 9.94. The van der Waals surface area contributed by atoms with E-state index in [0.29, 0.717) is 32.9 Å². The predicted octanol–water partition coefficient (Wildman–Crippen LogP) is 1.58. The molecule has 1 aliphatic carbocycles. The fraction of sp³-hybridized carbons (Fsp3) is 0.474. The Bertz CT molecular complexity index is 754. The number of hydrogen-bond acceptors (Lipinski definition) is 4. The highest BCUT2D eigenvalue weighted by atomic mass is 16.6. The van der Waals surface area contributed by atoms with Crippen LogP contribution in [0, 0.1) is 0 Å². The lowest BCUT2D eigenvalue weighted by molar-refractivity contribution is -0.0853. The Morgan fingerprint density at radius 3 is 2.88 bits per heavy atom. The molecule has 2 aromatic rings. The van der Waals surface area contributed by atoms with E-state index in [9.17, 15) is 4.79 Å². The highest BCUT2D eigenvalue weighted by molar-refractivity contribution is 5.73. The molecule has 1 fully saturated rings. The Hall–Kier alpha value is -2.38. The fourth-order valence-electron chi connectivity index (χ4n) is 3.53.